The molecule has 1 atom stereocenters. The Morgan fingerprint density at radius 3 is 2.60 bits per heavy atom. The van der Waals surface area contributed by atoms with E-state index in [1.54, 1.807) is 4.68 Å². The fraction of sp³-hybridized carbons (Fsp3) is 0.800. The maximum Gasteiger partial charge on any atom is 0.218 e. The molecule has 0 amide bonds. The van der Waals surface area contributed by atoms with Crippen LogP contribution in [0, 0.1) is 5.92 Å². The SMILES string of the molecule is CCC(CCN)CCc1nc(N)n(C)n1. The van der Waals surface area contributed by atoms with Gasteiger partial charge in [0.05, 0.1) is 0 Å². The molecule has 86 valence electrons. The molecule has 1 aromatic rings. The fourth-order valence-electron chi connectivity index (χ4n) is 1.68. The summed E-state index contributed by atoms with van der Waals surface area (Å²) in [5.41, 5.74) is 11.2. The van der Waals surface area contributed by atoms with Gasteiger partial charge in [0, 0.05) is 13.5 Å². The van der Waals surface area contributed by atoms with Crippen molar-refractivity contribution in [3.05, 3.63) is 5.82 Å². The smallest absolute Gasteiger partial charge is 0.218 e. The van der Waals surface area contributed by atoms with Crippen molar-refractivity contribution in [3.8, 4) is 0 Å². The second kappa shape index (κ2) is 5.70. The second-order valence-corrected chi connectivity index (χ2v) is 3.90. The van der Waals surface area contributed by atoms with Crippen molar-refractivity contribution in [2.45, 2.75) is 32.6 Å². The van der Waals surface area contributed by atoms with Crippen molar-refractivity contribution in [1.29, 1.82) is 0 Å². The number of anilines is 1. The Morgan fingerprint density at radius 2 is 2.13 bits per heavy atom. The summed E-state index contributed by atoms with van der Waals surface area (Å²) in [5.74, 6) is 2.00. The van der Waals surface area contributed by atoms with E-state index < -0.39 is 0 Å². The minimum atomic E-state index is 0.483. The van der Waals surface area contributed by atoms with Crippen molar-refractivity contribution in [1.82, 2.24) is 14.8 Å². The molecule has 0 aliphatic heterocycles. The Balaban J connectivity index is 2.41. The van der Waals surface area contributed by atoms with Gasteiger partial charge in [0.15, 0.2) is 5.82 Å². The molecule has 4 N–H and O–H groups in total. The highest BCUT2D eigenvalue weighted by Gasteiger charge is 2.09. The standard InChI is InChI=1S/C10H21N5/c1-3-8(6-7-11)4-5-9-13-10(12)15(2)14-9/h8H,3-7,11H2,1-2H3,(H2,12,13,14). The molecule has 0 fully saturated rings. The van der Waals surface area contributed by atoms with Gasteiger partial charge in [-0.05, 0) is 25.3 Å². The maximum absolute atomic E-state index is 5.61. The van der Waals surface area contributed by atoms with Crippen LogP contribution in [0.3, 0.4) is 0 Å². The van der Waals surface area contributed by atoms with Crippen LogP contribution in [0.25, 0.3) is 0 Å². The minimum Gasteiger partial charge on any atom is -0.368 e. The third kappa shape index (κ3) is 3.51. The van der Waals surface area contributed by atoms with E-state index in [0.717, 1.165) is 31.6 Å². The molecule has 0 saturated carbocycles. The average molecular weight is 211 g/mol. The zero-order valence-electron chi connectivity index (χ0n) is 9.61. The molecule has 0 saturated heterocycles. The van der Waals surface area contributed by atoms with Crippen LogP contribution in [-0.2, 0) is 13.5 Å². The quantitative estimate of drug-likeness (QED) is 0.725. The van der Waals surface area contributed by atoms with Crippen molar-refractivity contribution in [3.63, 3.8) is 0 Å². The first-order valence-electron chi connectivity index (χ1n) is 5.52. The molecule has 5 nitrogen and oxygen atoms in total. The molecule has 1 aromatic heterocycles. The third-order valence-electron chi connectivity index (χ3n) is 2.77. The number of nitrogen functional groups attached to an aromatic ring is 1. The number of aryl methyl sites for hydroxylation is 2. The van der Waals surface area contributed by atoms with Gasteiger partial charge in [0.25, 0.3) is 0 Å². The summed E-state index contributed by atoms with van der Waals surface area (Å²) in [7, 11) is 1.81. The highest BCUT2D eigenvalue weighted by Crippen LogP contribution is 2.14. The summed E-state index contributed by atoms with van der Waals surface area (Å²) >= 11 is 0. The zero-order valence-corrected chi connectivity index (χ0v) is 9.61. The molecule has 0 spiro atoms. The van der Waals surface area contributed by atoms with Crippen LogP contribution in [0.2, 0.25) is 0 Å². The van der Waals surface area contributed by atoms with Crippen molar-refractivity contribution >= 4 is 5.95 Å². The van der Waals surface area contributed by atoms with E-state index in [1.165, 1.54) is 6.42 Å². The van der Waals surface area contributed by atoms with E-state index in [4.69, 9.17) is 11.5 Å². The molecule has 5 heteroatoms. The highest BCUT2D eigenvalue weighted by atomic mass is 15.4. The van der Waals surface area contributed by atoms with Gasteiger partial charge in [-0.25, -0.2) is 4.68 Å². The topological polar surface area (TPSA) is 82.7 Å². The molecule has 0 aliphatic rings. The average Bonchev–Trinajstić information content (AvgIpc) is 2.53. The molecule has 15 heavy (non-hydrogen) atoms. The number of aromatic nitrogens is 3. The molecule has 0 aliphatic carbocycles. The van der Waals surface area contributed by atoms with Gasteiger partial charge >= 0.3 is 0 Å². The monoisotopic (exact) mass is 211 g/mol. The van der Waals surface area contributed by atoms with E-state index in [1.807, 2.05) is 7.05 Å². The van der Waals surface area contributed by atoms with E-state index in [-0.39, 0.29) is 0 Å². The first-order chi connectivity index (χ1) is 7.17. The lowest BCUT2D eigenvalue weighted by atomic mass is 9.97. The van der Waals surface area contributed by atoms with Gasteiger partial charge in [-0.15, -0.1) is 0 Å². The number of nitrogens with two attached hydrogens (primary N) is 2. The lowest BCUT2D eigenvalue weighted by molar-refractivity contribution is 0.438. The predicted octanol–water partition coefficient (Wildman–Crippen LogP) is 0.705. The normalized spacial score (nSPS) is 13.0. The van der Waals surface area contributed by atoms with E-state index in [0.29, 0.717) is 11.9 Å². The minimum absolute atomic E-state index is 0.483. The summed E-state index contributed by atoms with van der Waals surface area (Å²) in [6, 6.07) is 0. The van der Waals surface area contributed by atoms with Crippen LogP contribution >= 0.6 is 0 Å². The number of hydrogen-bond acceptors (Lipinski definition) is 4. The van der Waals surface area contributed by atoms with Gasteiger partial charge < -0.3 is 11.5 Å². The largest absolute Gasteiger partial charge is 0.368 e. The Kier molecular flexibility index (Phi) is 4.55. The highest BCUT2D eigenvalue weighted by molar-refractivity contribution is 5.15. The molecule has 0 aromatic carbocycles. The van der Waals surface area contributed by atoms with Crippen LogP contribution in [-0.4, -0.2) is 21.3 Å². The Morgan fingerprint density at radius 1 is 1.40 bits per heavy atom. The summed E-state index contributed by atoms with van der Waals surface area (Å²) in [5, 5.41) is 4.23. The molecule has 0 bridgehead atoms. The molecule has 0 radical (unpaired) electrons. The first kappa shape index (κ1) is 12.0. The van der Waals surface area contributed by atoms with Crippen LogP contribution < -0.4 is 11.5 Å². The van der Waals surface area contributed by atoms with E-state index in [9.17, 15) is 0 Å². The Hall–Kier alpha value is -1.10. The van der Waals surface area contributed by atoms with Crippen LogP contribution in [0.4, 0.5) is 5.95 Å². The van der Waals surface area contributed by atoms with Gasteiger partial charge in [0.1, 0.15) is 0 Å². The summed E-state index contributed by atoms with van der Waals surface area (Å²) in [6.07, 6.45) is 4.24. The fourth-order valence-corrected chi connectivity index (χ4v) is 1.68. The zero-order chi connectivity index (χ0) is 11.3. The summed E-state index contributed by atoms with van der Waals surface area (Å²) in [6.45, 7) is 2.96. The van der Waals surface area contributed by atoms with Gasteiger partial charge in [-0.3, -0.25) is 0 Å². The lowest BCUT2D eigenvalue weighted by Crippen LogP contribution is -2.09. The van der Waals surface area contributed by atoms with Crippen molar-refractivity contribution in [2.75, 3.05) is 12.3 Å². The first-order valence-corrected chi connectivity index (χ1v) is 5.52. The van der Waals surface area contributed by atoms with Crippen LogP contribution in [0.15, 0.2) is 0 Å². The number of nitrogens with zero attached hydrogens (tertiary/aromatic N) is 3. The van der Waals surface area contributed by atoms with Crippen molar-refractivity contribution < 1.29 is 0 Å². The molecular weight excluding hydrogens is 190 g/mol. The summed E-state index contributed by atoms with van der Waals surface area (Å²) < 4.78 is 1.61. The molecule has 1 unspecified atom stereocenters. The van der Waals surface area contributed by atoms with Crippen molar-refractivity contribution in [2.24, 2.45) is 18.7 Å². The third-order valence-corrected chi connectivity index (χ3v) is 2.77. The summed E-state index contributed by atoms with van der Waals surface area (Å²) in [4.78, 5) is 4.17. The van der Waals surface area contributed by atoms with E-state index >= 15 is 0 Å². The lowest BCUT2D eigenvalue weighted by Gasteiger charge is -2.11. The van der Waals surface area contributed by atoms with Gasteiger partial charge in [-0.2, -0.15) is 10.1 Å². The molecular formula is C10H21N5. The van der Waals surface area contributed by atoms with Gasteiger partial charge in [0.2, 0.25) is 5.95 Å². The van der Waals surface area contributed by atoms with Gasteiger partial charge in [-0.1, -0.05) is 13.3 Å². The Bertz CT molecular complexity index is 275. The molecule has 1 heterocycles. The maximum atomic E-state index is 5.61. The van der Waals surface area contributed by atoms with Crippen LogP contribution in [0.5, 0.6) is 0 Å². The van der Waals surface area contributed by atoms with Crippen LogP contribution in [0.1, 0.15) is 32.0 Å². The second-order valence-electron chi connectivity index (χ2n) is 3.90. The number of rotatable bonds is 6. The predicted molar refractivity (Wildman–Crippen MR) is 61.2 cm³/mol. The Labute approximate surface area is 90.9 Å². The van der Waals surface area contributed by atoms with E-state index in [2.05, 4.69) is 17.0 Å². The number of hydrogen-bond donors (Lipinski definition) is 2. The molecule has 1 rings (SSSR count).